The maximum atomic E-state index is 13.6. The smallest absolute Gasteiger partial charge is 0.408 e. The quantitative estimate of drug-likeness (QED) is 0.559. The number of nitrogens with zero attached hydrogens (tertiary/aromatic N) is 1. The Balaban J connectivity index is 1.23. The third-order valence-electron chi connectivity index (χ3n) is 9.70. The number of likely N-dealkylation sites (tertiary alicyclic amines) is 1. The van der Waals surface area contributed by atoms with Crippen molar-refractivity contribution in [2.24, 2.45) is 5.92 Å². The average Bonchev–Trinajstić information content (AvgIpc) is 3.26. The van der Waals surface area contributed by atoms with Crippen LogP contribution < -0.4 is 10.1 Å². The lowest BCUT2D eigenvalue weighted by Crippen LogP contribution is -2.65. The fourth-order valence-electron chi connectivity index (χ4n) is 7.97. The van der Waals surface area contributed by atoms with Gasteiger partial charge in [0.05, 0.1) is 0 Å². The summed E-state index contributed by atoms with van der Waals surface area (Å²) in [5, 5.41) is 14.1. The zero-order chi connectivity index (χ0) is 26.2. The molecule has 38 heavy (non-hydrogen) atoms. The zero-order valence-corrected chi connectivity index (χ0v) is 22.0. The minimum absolute atomic E-state index is 0.0591. The van der Waals surface area contributed by atoms with Crippen molar-refractivity contribution >= 4 is 23.5 Å². The molecule has 0 unspecified atom stereocenters. The van der Waals surface area contributed by atoms with Gasteiger partial charge >= 0.3 is 6.09 Å². The minimum Gasteiger partial charge on any atom is -0.504 e. The van der Waals surface area contributed by atoms with E-state index in [0.717, 1.165) is 37.8 Å². The first kappa shape index (κ1) is 24.0. The number of carbonyl (C=O) groups is 2. The highest BCUT2D eigenvalue weighted by atomic mass is 35.5. The van der Waals surface area contributed by atoms with Crippen molar-refractivity contribution in [1.82, 2.24) is 10.2 Å². The number of ether oxygens (including phenoxy) is 2. The predicted molar refractivity (Wildman–Crippen MR) is 142 cm³/mol. The van der Waals surface area contributed by atoms with E-state index < -0.39 is 23.8 Å². The molecule has 1 saturated carbocycles. The molecule has 0 radical (unpaired) electrons. The van der Waals surface area contributed by atoms with Crippen molar-refractivity contribution in [3.63, 3.8) is 0 Å². The summed E-state index contributed by atoms with van der Waals surface area (Å²) in [5.41, 5.74) is 1.27. The number of amides is 1. The number of phenolic OH excluding ortho intramolecular Hbond substituents is 1. The monoisotopic (exact) mass is 534 g/mol. The van der Waals surface area contributed by atoms with Crippen molar-refractivity contribution < 1.29 is 24.2 Å². The molecule has 2 aromatic carbocycles. The molecule has 5 aliphatic rings. The number of hydrogen-bond donors (Lipinski definition) is 2. The number of rotatable bonds is 3. The average molecular weight is 535 g/mol. The summed E-state index contributed by atoms with van der Waals surface area (Å²) in [6.07, 6.45) is 6.45. The van der Waals surface area contributed by atoms with Crippen LogP contribution in [-0.4, -0.2) is 53.7 Å². The summed E-state index contributed by atoms with van der Waals surface area (Å²) in [5.74, 6) is 0.779. The van der Waals surface area contributed by atoms with E-state index in [1.165, 1.54) is 5.56 Å². The summed E-state index contributed by atoms with van der Waals surface area (Å²) >= 11 is 6.53. The lowest BCUT2D eigenvalue weighted by atomic mass is 9.53. The molecule has 8 heteroatoms. The van der Waals surface area contributed by atoms with Gasteiger partial charge in [-0.25, -0.2) is 4.79 Å². The van der Waals surface area contributed by atoms with Gasteiger partial charge < -0.3 is 24.8 Å². The Morgan fingerprint density at radius 2 is 2.03 bits per heavy atom. The highest BCUT2D eigenvalue weighted by Gasteiger charge is 2.65. The van der Waals surface area contributed by atoms with E-state index >= 15 is 0 Å². The van der Waals surface area contributed by atoms with Gasteiger partial charge in [0.25, 0.3) is 0 Å². The van der Waals surface area contributed by atoms with Gasteiger partial charge in [0.2, 0.25) is 0 Å². The van der Waals surface area contributed by atoms with Crippen LogP contribution in [0.1, 0.15) is 48.8 Å². The fourth-order valence-corrected chi connectivity index (χ4v) is 8.27. The first-order valence-electron chi connectivity index (χ1n) is 13.5. The second-order valence-electron chi connectivity index (χ2n) is 11.4. The van der Waals surface area contributed by atoms with Crippen LogP contribution in [0, 0.1) is 5.92 Å². The van der Waals surface area contributed by atoms with Crippen LogP contribution in [-0.2, 0) is 26.9 Å². The number of ketones is 1. The lowest BCUT2D eigenvalue weighted by Gasteiger charge is -2.56. The van der Waals surface area contributed by atoms with Gasteiger partial charge in [-0.3, -0.25) is 4.79 Å². The Bertz CT molecular complexity index is 1380. The predicted octanol–water partition coefficient (Wildman–Crippen LogP) is 4.62. The first-order chi connectivity index (χ1) is 18.3. The molecule has 2 N–H and O–H groups in total. The highest BCUT2D eigenvalue weighted by Crippen LogP contribution is 2.62. The molecule has 1 saturated heterocycles. The molecular formula is C30H31ClN2O5. The van der Waals surface area contributed by atoms with Crippen LogP contribution in [0.15, 0.2) is 48.6 Å². The molecule has 7 nitrogen and oxygen atoms in total. The molecule has 7 rings (SSSR count). The van der Waals surface area contributed by atoms with E-state index in [9.17, 15) is 14.7 Å². The first-order valence-corrected chi connectivity index (χ1v) is 13.9. The van der Waals surface area contributed by atoms with Crippen molar-refractivity contribution in [1.29, 1.82) is 0 Å². The largest absolute Gasteiger partial charge is 0.504 e. The van der Waals surface area contributed by atoms with Crippen LogP contribution >= 0.6 is 11.6 Å². The summed E-state index contributed by atoms with van der Waals surface area (Å²) in [6, 6.07) is 11.2. The third-order valence-corrected chi connectivity index (χ3v) is 10.0. The molecule has 6 atom stereocenters. The number of likely N-dealkylation sites (N-methyl/N-ethyl adjacent to an activating group) is 1. The normalized spacial score (nSPS) is 34.8. The second-order valence-corrected chi connectivity index (χ2v) is 11.9. The molecule has 3 aliphatic carbocycles. The number of phenols is 1. The Hall–Kier alpha value is -3.03. The van der Waals surface area contributed by atoms with E-state index in [1.807, 2.05) is 24.3 Å². The van der Waals surface area contributed by atoms with Gasteiger partial charge in [0.1, 0.15) is 11.6 Å². The van der Waals surface area contributed by atoms with Crippen LogP contribution in [0.3, 0.4) is 0 Å². The van der Waals surface area contributed by atoms with E-state index in [4.69, 9.17) is 21.1 Å². The number of carbonyl (C=O) groups excluding carboxylic acids is 2. The molecule has 198 valence electrons. The molecule has 2 bridgehead atoms. The maximum absolute atomic E-state index is 13.6. The molecule has 1 spiro atoms. The summed E-state index contributed by atoms with van der Waals surface area (Å²) < 4.78 is 12.6. The number of Topliss-reactive ketones (excluding diaryl/α,β-unsaturated/α-hetero) is 1. The van der Waals surface area contributed by atoms with Crippen molar-refractivity contribution in [2.75, 3.05) is 13.6 Å². The summed E-state index contributed by atoms with van der Waals surface area (Å²) in [4.78, 5) is 29.3. The fraction of sp³-hybridized carbons (Fsp3) is 0.467. The molecular weight excluding hydrogens is 504 g/mol. The Morgan fingerprint density at radius 1 is 1.18 bits per heavy atom. The second kappa shape index (κ2) is 8.48. The molecule has 1 amide bonds. The molecule has 2 aliphatic heterocycles. The Morgan fingerprint density at radius 3 is 2.84 bits per heavy atom. The standard InChI is InChI=1S/C30H31ClN2O5/c1-33-15-14-29-19-10-12-23(27(29)38-26-22(34)11-9-17(25(26)29)16-21(19)33)37-28(36)32-30(13-5-4-8-24(30)35)18-6-2-3-7-20(18)31/h2-3,6-7,9-12,19,21,23,27,34H,4-5,8,13-16H2,1H3,(H,32,36)/t19-,21+,23-,27-,29-,30-/m0/s1. The minimum atomic E-state index is -1.22. The summed E-state index contributed by atoms with van der Waals surface area (Å²) in [6.45, 7) is 0.895. The Kier molecular flexibility index (Phi) is 5.37. The Labute approximate surface area is 226 Å². The third kappa shape index (κ3) is 3.18. The molecule has 0 aromatic heterocycles. The van der Waals surface area contributed by atoms with Gasteiger partial charge in [-0.2, -0.15) is 0 Å². The van der Waals surface area contributed by atoms with Crippen LogP contribution in [0.5, 0.6) is 11.5 Å². The van der Waals surface area contributed by atoms with Crippen LogP contribution in [0.4, 0.5) is 4.79 Å². The zero-order valence-electron chi connectivity index (χ0n) is 21.3. The van der Waals surface area contributed by atoms with E-state index in [1.54, 1.807) is 18.2 Å². The van der Waals surface area contributed by atoms with E-state index in [-0.39, 0.29) is 22.9 Å². The molecule has 2 fully saturated rings. The van der Waals surface area contributed by atoms with E-state index in [2.05, 4.69) is 23.3 Å². The maximum Gasteiger partial charge on any atom is 0.408 e. The summed E-state index contributed by atoms with van der Waals surface area (Å²) in [7, 11) is 2.16. The number of hydrogen-bond acceptors (Lipinski definition) is 6. The van der Waals surface area contributed by atoms with Gasteiger partial charge in [0.15, 0.2) is 23.4 Å². The number of halogens is 1. The number of alkyl carbamates (subject to hydrolysis) is 1. The number of nitrogens with one attached hydrogen (secondary N) is 1. The topological polar surface area (TPSA) is 88.1 Å². The van der Waals surface area contributed by atoms with Gasteiger partial charge in [-0.05, 0) is 69.5 Å². The number of aromatic hydroxyl groups is 1. The van der Waals surface area contributed by atoms with Gasteiger partial charge in [0, 0.05) is 39.9 Å². The van der Waals surface area contributed by atoms with Crippen molar-refractivity contribution in [3.8, 4) is 11.5 Å². The highest BCUT2D eigenvalue weighted by molar-refractivity contribution is 6.31. The van der Waals surface area contributed by atoms with Crippen molar-refractivity contribution in [2.45, 2.75) is 67.7 Å². The van der Waals surface area contributed by atoms with Gasteiger partial charge in [-0.15, -0.1) is 0 Å². The number of piperidine rings is 1. The molecule has 2 heterocycles. The van der Waals surface area contributed by atoms with E-state index in [0.29, 0.717) is 35.2 Å². The SMILES string of the molecule is CN1CC[C@]23c4c5ccc(O)c4O[C@H]2[C@@H](OC(=O)N[C@]2(c4ccccc4Cl)CCCCC2=O)C=C[C@H]3[C@H]1C5. The lowest BCUT2D eigenvalue weighted by molar-refractivity contribution is -0.128. The van der Waals surface area contributed by atoms with Gasteiger partial charge in [-0.1, -0.05) is 41.9 Å². The van der Waals surface area contributed by atoms with Crippen molar-refractivity contribution in [3.05, 3.63) is 70.3 Å². The van der Waals surface area contributed by atoms with Crippen LogP contribution in [0.2, 0.25) is 5.02 Å². The molecule has 2 aromatic rings. The number of benzene rings is 2. The van der Waals surface area contributed by atoms with Crippen LogP contribution in [0.25, 0.3) is 0 Å².